The minimum absolute atomic E-state index is 0.0110. The van der Waals surface area contributed by atoms with Crippen molar-refractivity contribution in [3.8, 4) is 10.7 Å². The molecule has 1 N–H and O–H groups in total. The number of likely N-dealkylation sites (N-methyl/N-ethyl adjacent to an activating group) is 1. The molecule has 0 saturated heterocycles. The topological polar surface area (TPSA) is 57.2 Å². The number of aromatic amines is 1. The minimum atomic E-state index is -0.0110. The number of thiophene rings is 1. The van der Waals surface area contributed by atoms with Gasteiger partial charge in [0.15, 0.2) is 10.6 Å². The summed E-state index contributed by atoms with van der Waals surface area (Å²) in [6, 6.07) is 12.3. The third kappa shape index (κ3) is 4.51. The Morgan fingerprint density at radius 1 is 1.21 bits per heavy atom. The van der Waals surface area contributed by atoms with Crippen molar-refractivity contribution in [1.29, 1.82) is 0 Å². The fourth-order valence-corrected chi connectivity index (χ4v) is 4.00. The summed E-state index contributed by atoms with van der Waals surface area (Å²) in [6.07, 6.45) is 0. The fourth-order valence-electron chi connectivity index (χ4n) is 3.08. The highest BCUT2D eigenvalue weighted by Crippen LogP contribution is 2.23. The van der Waals surface area contributed by atoms with E-state index in [1.807, 2.05) is 24.6 Å². The average Bonchev–Trinajstić information content (AvgIpc) is 3.34. The number of aromatic nitrogens is 3. The van der Waals surface area contributed by atoms with Gasteiger partial charge in [0.2, 0.25) is 5.91 Å². The Kier molecular flexibility index (Phi) is 6.64. The first-order chi connectivity index (χ1) is 13.5. The van der Waals surface area contributed by atoms with E-state index in [4.69, 9.17) is 12.2 Å². The second-order valence-electron chi connectivity index (χ2n) is 6.50. The van der Waals surface area contributed by atoms with Gasteiger partial charge in [0.1, 0.15) is 6.54 Å². The van der Waals surface area contributed by atoms with Crippen molar-refractivity contribution in [1.82, 2.24) is 19.7 Å². The van der Waals surface area contributed by atoms with Crippen molar-refractivity contribution < 1.29 is 4.79 Å². The maximum Gasteiger partial charge on any atom is 0.242 e. The van der Waals surface area contributed by atoms with Gasteiger partial charge in [0, 0.05) is 32.4 Å². The molecule has 28 heavy (non-hydrogen) atoms. The first kappa shape index (κ1) is 20.3. The van der Waals surface area contributed by atoms with Gasteiger partial charge in [-0.15, -0.1) is 11.3 Å². The van der Waals surface area contributed by atoms with E-state index in [1.54, 1.807) is 20.8 Å². The Bertz CT molecular complexity index is 955. The lowest BCUT2D eigenvalue weighted by atomic mass is 10.2. The van der Waals surface area contributed by atoms with Crippen molar-refractivity contribution in [2.24, 2.45) is 0 Å². The van der Waals surface area contributed by atoms with E-state index in [2.05, 4.69) is 53.2 Å². The number of hydrogen-bond donors (Lipinski definition) is 1. The molecule has 148 valence electrons. The normalized spacial score (nSPS) is 10.8. The molecule has 1 aromatic carbocycles. The number of carbonyl (C=O) groups excluding carboxylic acids is 1. The number of carbonyl (C=O) groups is 1. The number of nitrogens with zero attached hydrogens (tertiary/aromatic N) is 4. The quantitative estimate of drug-likeness (QED) is 0.561. The predicted octanol–water partition coefficient (Wildman–Crippen LogP) is 4.17. The highest BCUT2D eigenvalue weighted by Gasteiger charge is 2.16. The van der Waals surface area contributed by atoms with E-state index in [1.165, 1.54) is 5.69 Å². The average molecular weight is 416 g/mol. The van der Waals surface area contributed by atoms with E-state index >= 15 is 0 Å². The highest BCUT2D eigenvalue weighted by atomic mass is 32.1. The molecule has 0 bridgehead atoms. The van der Waals surface area contributed by atoms with E-state index in [0.717, 1.165) is 23.5 Å². The minimum Gasteiger partial charge on any atom is -0.372 e. The molecule has 1 amide bonds. The van der Waals surface area contributed by atoms with Gasteiger partial charge in [0.05, 0.1) is 4.88 Å². The van der Waals surface area contributed by atoms with Gasteiger partial charge in [-0.05, 0) is 55.2 Å². The van der Waals surface area contributed by atoms with Crippen molar-refractivity contribution in [3.05, 3.63) is 52.1 Å². The predicted molar refractivity (Wildman–Crippen MR) is 117 cm³/mol. The first-order valence-corrected chi connectivity index (χ1v) is 10.6. The molecule has 2 heterocycles. The van der Waals surface area contributed by atoms with E-state index in [9.17, 15) is 4.79 Å². The van der Waals surface area contributed by atoms with Crippen LogP contribution in [0.25, 0.3) is 10.7 Å². The monoisotopic (exact) mass is 415 g/mol. The molecule has 6 nitrogen and oxygen atoms in total. The summed E-state index contributed by atoms with van der Waals surface area (Å²) in [5, 5.41) is 9.05. The number of H-pyrrole nitrogens is 1. The highest BCUT2D eigenvalue weighted by molar-refractivity contribution is 7.71. The Hall–Kier alpha value is -2.45. The number of benzene rings is 1. The lowest BCUT2D eigenvalue weighted by molar-refractivity contribution is -0.131. The molecular formula is C20H25N5OS2. The summed E-state index contributed by atoms with van der Waals surface area (Å²) in [4.78, 5) is 17.8. The summed E-state index contributed by atoms with van der Waals surface area (Å²) in [7, 11) is 1.81. The first-order valence-electron chi connectivity index (χ1n) is 9.30. The van der Waals surface area contributed by atoms with Crippen LogP contribution in [0.5, 0.6) is 0 Å². The van der Waals surface area contributed by atoms with E-state index in [0.29, 0.717) is 17.1 Å². The molecule has 3 rings (SSSR count). The maximum atomic E-state index is 12.8. The van der Waals surface area contributed by atoms with E-state index < -0.39 is 0 Å². The largest absolute Gasteiger partial charge is 0.372 e. The van der Waals surface area contributed by atoms with Gasteiger partial charge in [-0.1, -0.05) is 18.2 Å². The van der Waals surface area contributed by atoms with Crippen LogP contribution in [0.1, 0.15) is 19.4 Å². The van der Waals surface area contributed by atoms with Crippen molar-refractivity contribution in [2.45, 2.75) is 26.9 Å². The molecule has 0 unspecified atom stereocenters. The van der Waals surface area contributed by atoms with Crippen LogP contribution >= 0.6 is 23.6 Å². The SMILES string of the molecule is CCN(CC)c1ccc(CN(C)C(=O)Cn2c(-c3cccs3)n[nH]c2=S)cc1. The summed E-state index contributed by atoms with van der Waals surface area (Å²) >= 11 is 6.89. The van der Waals surface area contributed by atoms with Gasteiger partial charge < -0.3 is 9.80 Å². The van der Waals surface area contributed by atoms with Gasteiger partial charge in [-0.25, -0.2) is 0 Å². The number of rotatable bonds is 8. The van der Waals surface area contributed by atoms with Gasteiger partial charge in [-0.3, -0.25) is 14.5 Å². The van der Waals surface area contributed by atoms with Crippen molar-refractivity contribution in [3.63, 3.8) is 0 Å². The van der Waals surface area contributed by atoms with Crippen LogP contribution in [0.3, 0.4) is 0 Å². The maximum absolute atomic E-state index is 12.8. The molecule has 0 aliphatic rings. The number of anilines is 1. The van der Waals surface area contributed by atoms with Crippen molar-refractivity contribution in [2.75, 3.05) is 25.0 Å². The molecule has 0 fully saturated rings. The Morgan fingerprint density at radius 2 is 1.93 bits per heavy atom. The summed E-state index contributed by atoms with van der Waals surface area (Å²) in [5.74, 6) is 0.688. The van der Waals surface area contributed by atoms with Gasteiger partial charge in [0.25, 0.3) is 0 Å². The summed E-state index contributed by atoms with van der Waals surface area (Å²) < 4.78 is 2.21. The van der Waals surface area contributed by atoms with Gasteiger partial charge in [-0.2, -0.15) is 5.10 Å². The summed E-state index contributed by atoms with van der Waals surface area (Å²) in [5.41, 5.74) is 2.30. The molecule has 0 atom stereocenters. The zero-order chi connectivity index (χ0) is 20.1. The number of nitrogens with one attached hydrogen (secondary N) is 1. The molecule has 3 aromatic rings. The van der Waals surface area contributed by atoms with Crippen LogP contribution in [-0.2, 0) is 17.9 Å². The smallest absolute Gasteiger partial charge is 0.242 e. The number of amides is 1. The lowest BCUT2D eigenvalue weighted by Crippen LogP contribution is -2.30. The van der Waals surface area contributed by atoms with E-state index in [-0.39, 0.29) is 12.5 Å². The summed E-state index contributed by atoms with van der Waals surface area (Å²) in [6.45, 7) is 6.97. The molecular weight excluding hydrogens is 390 g/mol. The molecule has 0 spiro atoms. The Labute approximate surface area is 174 Å². The van der Waals surface area contributed by atoms with Crippen LogP contribution in [0.15, 0.2) is 41.8 Å². The standard InChI is InChI=1S/C20H25N5OS2/c1-4-24(5-2)16-10-8-15(9-11-16)13-23(3)18(26)14-25-19(21-22-20(25)27)17-7-6-12-28-17/h6-12H,4-5,13-14H2,1-3H3,(H,22,27). The molecule has 0 radical (unpaired) electrons. The Balaban J connectivity index is 1.68. The molecule has 0 saturated carbocycles. The zero-order valence-electron chi connectivity index (χ0n) is 16.4. The lowest BCUT2D eigenvalue weighted by Gasteiger charge is -2.22. The zero-order valence-corrected chi connectivity index (χ0v) is 18.0. The Morgan fingerprint density at radius 3 is 2.54 bits per heavy atom. The number of hydrogen-bond acceptors (Lipinski definition) is 5. The second kappa shape index (κ2) is 9.16. The van der Waals surface area contributed by atoms with Crippen LogP contribution < -0.4 is 4.90 Å². The fraction of sp³-hybridized carbons (Fsp3) is 0.350. The van der Waals surface area contributed by atoms with Crippen LogP contribution in [0.2, 0.25) is 0 Å². The molecule has 2 aromatic heterocycles. The van der Waals surface area contributed by atoms with Crippen LogP contribution in [0.4, 0.5) is 5.69 Å². The molecule has 0 aliphatic heterocycles. The van der Waals surface area contributed by atoms with Gasteiger partial charge >= 0.3 is 0 Å². The third-order valence-corrected chi connectivity index (χ3v) is 5.88. The third-order valence-electron chi connectivity index (χ3n) is 4.70. The second-order valence-corrected chi connectivity index (χ2v) is 7.84. The molecule has 8 heteroatoms. The van der Waals surface area contributed by atoms with Crippen LogP contribution in [0, 0.1) is 4.77 Å². The van der Waals surface area contributed by atoms with Crippen molar-refractivity contribution >= 4 is 35.1 Å². The molecule has 0 aliphatic carbocycles. The van der Waals surface area contributed by atoms with Crippen LogP contribution in [-0.4, -0.2) is 45.7 Å².